The third-order valence-electron chi connectivity index (χ3n) is 4.76. The molecule has 1 unspecified atom stereocenters. The van der Waals surface area contributed by atoms with Gasteiger partial charge in [0.1, 0.15) is 11.3 Å². The molecule has 6 nitrogen and oxygen atoms in total. The number of ether oxygens (including phenoxy) is 1. The summed E-state index contributed by atoms with van der Waals surface area (Å²) in [7, 11) is 3.51. The van der Waals surface area contributed by atoms with Crippen LogP contribution in [0.1, 0.15) is 25.3 Å². The molecule has 2 aliphatic rings. The number of nitrogens with zero attached hydrogens (tertiary/aromatic N) is 2. The Bertz CT molecular complexity index is 677. The van der Waals surface area contributed by atoms with Crippen molar-refractivity contribution in [3.63, 3.8) is 0 Å². The maximum Gasteiger partial charge on any atom is 0.326 e. The maximum absolute atomic E-state index is 12.7. The molecule has 2 fully saturated rings. The van der Waals surface area contributed by atoms with E-state index in [0.717, 1.165) is 28.6 Å². The van der Waals surface area contributed by atoms with Crippen LogP contribution in [0.15, 0.2) is 22.7 Å². The maximum atomic E-state index is 12.7. The lowest BCUT2D eigenvalue weighted by atomic mass is 9.96. The first-order valence-corrected chi connectivity index (χ1v) is 8.79. The summed E-state index contributed by atoms with van der Waals surface area (Å²) < 4.78 is 6.34. The Morgan fingerprint density at radius 2 is 2.12 bits per heavy atom. The van der Waals surface area contributed by atoms with Gasteiger partial charge in [0, 0.05) is 16.6 Å². The molecule has 7 heteroatoms. The summed E-state index contributed by atoms with van der Waals surface area (Å²) in [4.78, 5) is 28.1. The average Bonchev–Trinajstić information content (AvgIpc) is 3.34. The third-order valence-corrected chi connectivity index (χ3v) is 5.25. The highest BCUT2D eigenvalue weighted by Gasteiger charge is 2.56. The quantitative estimate of drug-likeness (QED) is 0.751. The number of carbonyl (C=O) groups excluding carboxylic acids is 2. The second-order valence-electron chi connectivity index (χ2n) is 6.75. The number of rotatable bonds is 6. The summed E-state index contributed by atoms with van der Waals surface area (Å²) in [6.07, 6.45) is 2.00. The highest BCUT2D eigenvalue weighted by Crippen LogP contribution is 2.42. The van der Waals surface area contributed by atoms with Gasteiger partial charge in [-0.3, -0.25) is 9.69 Å². The van der Waals surface area contributed by atoms with E-state index in [9.17, 15) is 9.59 Å². The van der Waals surface area contributed by atoms with Gasteiger partial charge in [0.25, 0.3) is 5.91 Å². The minimum absolute atomic E-state index is 0.122. The summed E-state index contributed by atoms with van der Waals surface area (Å²) in [6.45, 7) is 2.66. The van der Waals surface area contributed by atoms with Crippen molar-refractivity contribution >= 4 is 27.9 Å². The number of amides is 3. The number of halogens is 1. The van der Waals surface area contributed by atoms with Gasteiger partial charge in [-0.2, -0.15) is 0 Å². The lowest BCUT2D eigenvalue weighted by molar-refractivity contribution is -0.132. The van der Waals surface area contributed by atoms with E-state index >= 15 is 0 Å². The molecular formula is C17H22BrN3O3. The average molecular weight is 396 g/mol. The molecule has 0 radical (unpaired) electrons. The van der Waals surface area contributed by atoms with Gasteiger partial charge in [0.05, 0.1) is 13.8 Å². The van der Waals surface area contributed by atoms with Crippen LogP contribution < -0.4 is 10.1 Å². The summed E-state index contributed by atoms with van der Waals surface area (Å²) in [5, 5.41) is 2.87. The molecule has 0 spiro atoms. The number of urea groups is 1. The van der Waals surface area contributed by atoms with Crippen molar-refractivity contribution in [2.75, 3.05) is 20.8 Å². The van der Waals surface area contributed by atoms with Crippen molar-refractivity contribution < 1.29 is 14.3 Å². The molecule has 1 atom stereocenters. The number of hydrogen-bond acceptors (Lipinski definition) is 4. The van der Waals surface area contributed by atoms with E-state index < -0.39 is 5.54 Å². The topological polar surface area (TPSA) is 61.9 Å². The fourth-order valence-electron chi connectivity index (χ4n) is 3.23. The minimum Gasteiger partial charge on any atom is -0.496 e. The van der Waals surface area contributed by atoms with Crippen LogP contribution in [0.5, 0.6) is 5.75 Å². The fraction of sp³-hybridized carbons (Fsp3) is 0.529. The van der Waals surface area contributed by atoms with Crippen LogP contribution in [-0.2, 0) is 11.3 Å². The van der Waals surface area contributed by atoms with Crippen molar-refractivity contribution in [2.24, 2.45) is 5.92 Å². The van der Waals surface area contributed by atoms with Crippen molar-refractivity contribution in [2.45, 2.75) is 31.8 Å². The second-order valence-corrected chi connectivity index (χ2v) is 7.67. The Hall–Kier alpha value is -1.60. The number of hydrogen-bond donors (Lipinski definition) is 1. The standard InChI is InChI=1S/C17H22BrN3O3/c1-17(12-4-5-12)15(22)21(16(23)19-17)10-20(2)9-11-8-13(18)6-7-14(11)24-3/h6-8,12H,4-5,9-10H2,1-3H3,(H,19,23). The molecule has 3 rings (SSSR count). The van der Waals surface area contributed by atoms with Crippen LogP contribution in [0.4, 0.5) is 4.79 Å². The number of imide groups is 1. The zero-order valence-electron chi connectivity index (χ0n) is 14.1. The van der Waals surface area contributed by atoms with Crippen LogP contribution in [0.2, 0.25) is 0 Å². The van der Waals surface area contributed by atoms with E-state index in [1.165, 1.54) is 4.90 Å². The van der Waals surface area contributed by atoms with Gasteiger partial charge in [-0.05, 0) is 50.9 Å². The van der Waals surface area contributed by atoms with E-state index in [1.807, 2.05) is 37.1 Å². The number of carbonyl (C=O) groups is 2. The van der Waals surface area contributed by atoms with E-state index in [0.29, 0.717) is 6.54 Å². The highest BCUT2D eigenvalue weighted by atomic mass is 79.9. The molecule has 1 aromatic carbocycles. The van der Waals surface area contributed by atoms with Crippen molar-refractivity contribution in [3.05, 3.63) is 28.2 Å². The molecular weight excluding hydrogens is 374 g/mol. The first kappa shape index (κ1) is 17.2. The number of nitrogens with one attached hydrogen (secondary N) is 1. The number of benzene rings is 1. The van der Waals surface area contributed by atoms with Gasteiger partial charge >= 0.3 is 6.03 Å². The monoisotopic (exact) mass is 395 g/mol. The fourth-order valence-corrected chi connectivity index (χ4v) is 3.64. The number of methoxy groups -OCH3 is 1. The molecule has 1 aliphatic heterocycles. The van der Waals surface area contributed by atoms with E-state index in [2.05, 4.69) is 21.2 Å². The Balaban J connectivity index is 1.69. The van der Waals surface area contributed by atoms with Crippen LogP contribution in [0.3, 0.4) is 0 Å². The second kappa shape index (κ2) is 6.37. The molecule has 1 aromatic rings. The Morgan fingerprint density at radius 1 is 1.42 bits per heavy atom. The van der Waals surface area contributed by atoms with E-state index in [1.54, 1.807) is 7.11 Å². The first-order valence-electron chi connectivity index (χ1n) is 8.00. The SMILES string of the molecule is COc1ccc(Br)cc1CN(C)CN1C(=O)NC(C)(C2CC2)C1=O. The van der Waals surface area contributed by atoms with Crippen LogP contribution >= 0.6 is 15.9 Å². The molecule has 3 amide bonds. The molecule has 1 saturated heterocycles. The first-order chi connectivity index (χ1) is 11.3. The lowest BCUT2D eigenvalue weighted by Crippen LogP contribution is -2.46. The van der Waals surface area contributed by atoms with Gasteiger partial charge in [0.15, 0.2) is 0 Å². The van der Waals surface area contributed by atoms with Gasteiger partial charge in [-0.15, -0.1) is 0 Å². The zero-order chi connectivity index (χ0) is 17.5. The van der Waals surface area contributed by atoms with Crippen molar-refractivity contribution in [1.29, 1.82) is 0 Å². The van der Waals surface area contributed by atoms with Gasteiger partial charge in [0.2, 0.25) is 0 Å². The molecule has 24 heavy (non-hydrogen) atoms. The summed E-state index contributed by atoms with van der Waals surface area (Å²) in [5.74, 6) is 0.933. The minimum atomic E-state index is -0.731. The lowest BCUT2D eigenvalue weighted by Gasteiger charge is -2.25. The van der Waals surface area contributed by atoms with Crippen LogP contribution in [-0.4, -0.2) is 48.1 Å². The molecule has 1 N–H and O–H groups in total. The highest BCUT2D eigenvalue weighted by molar-refractivity contribution is 9.10. The zero-order valence-corrected chi connectivity index (χ0v) is 15.7. The third kappa shape index (κ3) is 3.15. The predicted molar refractivity (Wildman–Crippen MR) is 93.5 cm³/mol. The molecule has 0 aromatic heterocycles. The van der Waals surface area contributed by atoms with Crippen LogP contribution in [0.25, 0.3) is 0 Å². The van der Waals surface area contributed by atoms with Gasteiger partial charge < -0.3 is 10.1 Å². The van der Waals surface area contributed by atoms with Gasteiger partial charge in [-0.1, -0.05) is 15.9 Å². The Morgan fingerprint density at radius 3 is 2.75 bits per heavy atom. The molecule has 1 saturated carbocycles. The normalized spacial score (nSPS) is 23.8. The molecule has 130 valence electrons. The predicted octanol–water partition coefficient (Wildman–Crippen LogP) is 2.57. The smallest absolute Gasteiger partial charge is 0.326 e. The van der Waals surface area contributed by atoms with Gasteiger partial charge in [-0.25, -0.2) is 9.69 Å². The molecule has 1 aliphatic carbocycles. The Kier molecular flexibility index (Phi) is 4.57. The molecule has 1 heterocycles. The van der Waals surface area contributed by atoms with Crippen molar-refractivity contribution in [1.82, 2.24) is 15.1 Å². The molecule has 0 bridgehead atoms. The Labute approximate surface area is 150 Å². The summed E-state index contributed by atoms with van der Waals surface area (Å²) in [5.41, 5.74) is 0.261. The van der Waals surface area contributed by atoms with Crippen molar-refractivity contribution in [3.8, 4) is 5.75 Å². The largest absolute Gasteiger partial charge is 0.496 e. The summed E-state index contributed by atoms with van der Waals surface area (Å²) in [6, 6.07) is 5.49. The van der Waals surface area contributed by atoms with E-state index in [-0.39, 0.29) is 24.5 Å². The van der Waals surface area contributed by atoms with E-state index in [4.69, 9.17) is 4.74 Å². The summed E-state index contributed by atoms with van der Waals surface area (Å²) >= 11 is 3.46. The van der Waals surface area contributed by atoms with Crippen LogP contribution in [0, 0.1) is 5.92 Å².